The quantitative estimate of drug-likeness (QED) is 0.485. The fourth-order valence-corrected chi connectivity index (χ4v) is 3.59. The molecule has 0 radical (unpaired) electrons. The second-order valence-corrected chi connectivity index (χ2v) is 7.68. The predicted molar refractivity (Wildman–Crippen MR) is 117 cm³/mol. The first-order valence-electron chi connectivity index (χ1n) is 9.55. The molecule has 0 fully saturated rings. The zero-order chi connectivity index (χ0) is 23.0. The zero-order valence-corrected chi connectivity index (χ0v) is 17.5. The van der Waals surface area contributed by atoms with E-state index in [2.05, 4.69) is 5.32 Å². The van der Waals surface area contributed by atoms with Gasteiger partial charge in [-0.1, -0.05) is 53.6 Å². The largest absolute Gasteiger partial charge is 0.416 e. The summed E-state index contributed by atoms with van der Waals surface area (Å²) in [5.74, 6) is -1.29. The third-order valence-electron chi connectivity index (χ3n) is 4.95. The van der Waals surface area contributed by atoms with E-state index in [0.717, 1.165) is 22.6 Å². The molecule has 0 saturated heterocycles. The van der Waals surface area contributed by atoms with Crippen LogP contribution in [0.4, 0.5) is 24.5 Å². The van der Waals surface area contributed by atoms with Crippen molar-refractivity contribution in [3.05, 3.63) is 100 Å². The normalized spacial score (nSPS) is 14.3. The van der Waals surface area contributed by atoms with E-state index in [-0.39, 0.29) is 22.6 Å². The van der Waals surface area contributed by atoms with Gasteiger partial charge in [-0.05, 0) is 48.9 Å². The average Bonchev–Trinajstić information content (AvgIpc) is 2.98. The van der Waals surface area contributed by atoms with Crippen molar-refractivity contribution >= 4 is 40.4 Å². The third kappa shape index (κ3) is 4.11. The van der Waals surface area contributed by atoms with E-state index < -0.39 is 23.6 Å². The molecule has 0 saturated carbocycles. The number of anilines is 2. The Balaban J connectivity index is 1.82. The zero-order valence-electron chi connectivity index (χ0n) is 16.7. The second-order valence-electron chi connectivity index (χ2n) is 7.25. The first kappa shape index (κ1) is 21.6. The highest BCUT2D eigenvalue weighted by atomic mass is 35.5. The van der Waals surface area contributed by atoms with Crippen LogP contribution in [0, 0.1) is 6.92 Å². The van der Waals surface area contributed by atoms with E-state index in [1.165, 1.54) is 18.2 Å². The molecule has 1 N–H and O–H groups in total. The van der Waals surface area contributed by atoms with Crippen molar-refractivity contribution in [3.63, 3.8) is 0 Å². The van der Waals surface area contributed by atoms with Gasteiger partial charge in [0.25, 0.3) is 11.8 Å². The van der Waals surface area contributed by atoms with Crippen LogP contribution in [0.5, 0.6) is 0 Å². The maximum atomic E-state index is 13.3. The minimum atomic E-state index is -4.55. The summed E-state index contributed by atoms with van der Waals surface area (Å²) < 4.78 is 39.4. The van der Waals surface area contributed by atoms with Crippen LogP contribution >= 0.6 is 11.6 Å². The second kappa shape index (κ2) is 8.16. The minimum Gasteiger partial charge on any atom is -0.350 e. The topological polar surface area (TPSA) is 49.4 Å². The van der Waals surface area contributed by atoms with Crippen molar-refractivity contribution in [2.75, 3.05) is 10.2 Å². The summed E-state index contributed by atoms with van der Waals surface area (Å²) in [5, 5.41) is 3.08. The van der Waals surface area contributed by atoms with Crippen molar-refractivity contribution in [2.24, 2.45) is 0 Å². The molecule has 4 nitrogen and oxygen atoms in total. The number of benzene rings is 3. The van der Waals surface area contributed by atoms with E-state index >= 15 is 0 Å². The molecule has 3 aromatic carbocycles. The number of halogens is 4. The number of imide groups is 1. The molecule has 0 bridgehead atoms. The molecule has 162 valence electrons. The van der Waals surface area contributed by atoms with Crippen LogP contribution in [0.1, 0.15) is 16.7 Å². The van der Waals surface area contributed by atoms with Crippen LogP contribution in [0.3, 0.4) is 0 Å². The van der Waals surface area contributed by atoms with Gasteiger partial charge in [0, 0.05) is 10.7 Å². The summed E-state index contributed by atoms with van der Waals surface area (Å²) >= 11 is 6.03. The predicted octanol–water partition coefficient (Wildman–Crippen LogP) is 6.06. The lowest BCUT2D eigenvalue weighted by molar-refractivity contribution is -0.137. The van der Waals surface area contributed by atoms with Crippen LogP contribution in [0.2, 0.25) is 5.02 Å². The number of hydrogen-bond donors (Lipinski definition) is 1. The lowest BCUT2D eigenvalue weighted by Crippen LogP contribution is -2.32. The summed E-state index contributed by atoms with van der Waals surface area (Å²) in [4.78, 5) is 27.6. The van der Waals surface area contributed by atoms with Gasteiger partial charge < -0.3 is 5.32 Å². The van der Waals surface area contributed by atoms with Crippen LogP contribution < -0.4 is 10.2 Å². The molecule has 0 aliphatic carbocycles. The number of rotatable bonds is 4. The summed E-state index contributed by atoms with van der Waals surface area (Å²) in [7, 11) is 0. The van der Waals surface area contributed by atoms with Gasteiger partial charge in [-0.2, -0.15) is 13.2 Å². The molecule has 1 aliphatic rings. The van der Waals surface area contributed by atoms with Gasteiger partial charge >= 0.3 is 6.18 Å². The molecule has 32 heavy (non-hydrogen) atoms. The Kier molecular flexibility index (Phi) is 5.52. The van der Waals surface area contributed by atoms with Gasteiger partial charge in [0.15, 0.2) is 0 Å². The van der Waals surface area contributed by atoms with E-state index in [1.54, 1.807) is 42.5 Å². The van der Waals surface area contributed by atoms with Crippen LogP contribution in [-0.4, -0.2) is 11.8 Å². The number of aryl methyl sites for hydroxylation is 1. The number of amides is 2. The summed E-state index contributed by atoms with van der Waals surface area (Å²) in [6, 6.07) is 17.6. The fraction of sp³-hybridized carbons (Fsp3) is 0.0833. The highest BCUT2D eigenvalue weighted by Crippen LogP contribution is 2.36. The van der Waals surface area contributed by atoms with E-state index in [4.69, 9.17) is 11.6 Å². The molecule has 0 atom stereocenters. The number of carbonyl (C=O) groups excluding carboxylic acids is 2. The minimum absolute atomic E-state index is 0.0357. The lowest BCUT2D eigenvalue weighted by atomic mass is 10.0. The molecular weight excluding hydrogens is 441 g/mol. The van der Waals surface area contributed by atoms with Crippen molar-refractivity contribution in [1.82, 2.24) is 0 Å². The first-order chi connectivity index (χ1) is 15.1. The lowest BCUT2D eigenvalue weighted by Gasteiger charge is -2.16. The Labute approximate surface area is 186 Å². The number of hydrogen-bond acceptors (Lipinski definition) is 3. The van der Waals surface area contributed by atoms with Crippen molar-refractivity contribution in [3.8, 4) is 0 Å². The van der Waals surface area contributed by atoms with Crippen LogP contribution in [-0.2, 0) is 15.8 Å². The maximum absolute atomic E-state index is 13.3. The number of alkyl halides is 3. The molecular formula is C24H16ClF3N2O2. The Hall–Kier alpha value is -3.58. The van der Waals surface area contributed by atoms with E-state index in [9.17, 15) is 22.8 Å². The van der Waals surface area contributed by atoms with Gasteiger partial charge in [-0.3, -0.25) is 9.59 Å². The van der Waals surface area contributed by atoms with Gasteiger partial charge in [0.05, 0.1) is 16.8 Å². The van der Waals surface area contributed by atoms with E-state index in [1.807, 2.05) is 6.92 Å². The SMILES string of the molecule is Cc1ccc(C2=C(Nc3cccc(C(F)(F)F)c3)C(=O)N(c3cccc(Cl)c3)C2=O)cc1. The summed E-state index contributed by atoms with van der Waals surface area (Å²) in [6.07, 6.45) is -4.55. The smallest absolute Gasteiger partial charge is 0.350 e. The Bertz CT molecular complexity index is 1250. The molecule has 1 aliphatic heterocycles. The first-order valence-corrected chi connectivity index (χ1v) is 9.93. The van der Waals surface area contributed by atoms with E-state index in [0.29, 0.717) is 10.6 Å². The summed E-state index contributed by atoms with van der Waals surface area (Å²) in [6.45, 7) is 1.87. The van der Waals surface area contributed by atoms with Gasteiger partial charge in [0.2, 0.25) is 0 Å². The van der Waals surface area contributed by atoms with Crippen molar-refractivity contribution < 1.29 is 22.8 Å². The Morgan fingerprint density at radius 3 is 2.22 bits per heavy atom. The maximum Gasteiger partial charge on any atom is 0.416 e. The molecule has 8 heteroatoms. The molecule has 0 spiro atoms. The number of nitrogens with one attached hydrogen (secondary N) is 1. The standard InChI is InChI=1S/C24H16ClF3N2O2/c1-14-8-10-15(11-9-14)20-21(29-18-6-2-4-16(12-18)24(26,27)28)23(32)30(22(20)31)19-7-3-5-17(25)13-19/h2-13,29H,1H3. The Morgan fingerprint density at radius 1 is 0.875 bits per heavy atom. The fourth-order valence-electron chi connectivity index (χ4n) is 3.40. The van der Waals surface area contributed by atoms with Gasteiger partial charge in [0.1, 0.15) is 5.70 Å². The number of carbonyl (C=O) groups is 2. The van der Waals surface area contributed by atoms with Crippen molar-refractivity contribution in [1.29, 1.82) is 0 Å². The highest BCUT2D eigenvalue weighted by Gasteiger charge is 2.40. The molecule has 2 amide bonds. The molecule has 3 aromatic rings. The monoisotopic (exact) mass is 456 g/mol. The van der Waals surface area contributed by atoms with Crippen LogP contribution in [0.15, 0.2) is 78.5 Å². The van der Waals surface area contributed by atoms with Gasteiger partial charge in [-0.25, -0.2) is 4.90 Å². The highest BCUT2D eigenvalue weighted by molar-refractivity contribution is 6.46. The molecule has 4 rings (SSSR count). The summed E-state index contributed by atoms with van der Waals surface area (Å²) in [5.41, 5.74) is 0.790. The average molecular weight is 457 g/mol. The van der Waals surface area contributed by atoms with Gasteiger partial charge in [-0.15, -0.1) is 0 Å². The van der Waals surface area contributed by atoms with Crippen molar-refractivity contribution in [2.45, 2.75) is 13.1 Å². The third-order valence-corrected chi connectivity index (χ3v) is 5.18. The van der Waals surface area contributed by atoms with Crippen LogP contribution in [0.25, 0.3) is 5.57 Å². The molecule has 0 unspecified atom stereocenters. The Morgan fingerprint density at radius 2 is 1.56 bits per heavy atom. The number of nitrogens with zero attached hydrogens (tertiary/aromatic N) is 1. The molecule has 0 aromatic heterocycles. The molecule has 1 heterocycles.